The summed E-state index contributed by atoms with van der Waals surface area (Å²) in [5.74, 6) is -2.06. The summed E-state index contributed by atoms with van der Waals surface area (Å²) in [6.45, 7) is 6.41. The first-order valence-corrected chi connectivity index (χ1v) is 12.8. The minimum Gasteiger partial charge on any atom is -0.477 e. The summed E-state index contributed by atoms with van der Waals surface area (Å²) in [7, 11) is 1.63. The minimum absolute atomic E-state index is 0.0201. The third-order valence-corrected chi connectivity index (χ3v) is 6.57. The topological polar surface area (TPSA) is 121 Å². The predicted molar refractivity (Wildman–Crippen MR) is 146 cm³/mol. The van der Waals surface area contributed by atoms with Crippen LogP contribution in [0.3, 0.4) is 0 Å². The summed E-state index contributed by atoms with van der Waals surface area (Å²) in [6, 6.07) is 1.10. The molecule has 5 rings (SSSR count). The Morgan fingerprint density at radius 1 is 1.33 bits per heavy atom. The summed E-state index contributed by atoms with van der Waals surface area (Å²) in [5, 5.41) is 9.46. The Kier molecular flexibility index (Phi) is 8.01. The van der Waals surface area contributed by atoms with Gasteiger partial charge in [-0.1, -0.05) is 17.7 Å². The molecule has 2 N–H and O–H groups in total. The van der Waals surface area contributed by atoms with Crippen molar-refractivity contribution in [3.05, 3.63) is 69.3 Å². The normalized spacial score (nSPS) is 15.0. The Labute approximate surface area is 229 Å². The number of hydrogen-bond acceptors (Lipinski definition) is 6. The highest BCUT2D eigenvalue weighted by atomic mass is 35.5. The number of carboxylic acid groups (broad SMARTS) is 1. The number of H-pyrrole nitrogens is 1. The van der Waals surface area contributed by atoms with Gasteiger partial charge in [0.1, 0.15) is 17.0 Å². The molecule has 3 heterocycles. The van der Waals surface area contributed by atoms with Crippen molar-refractivity contribution in [2.75, 3.05) is 31.6 Å². The van der Waals surface area contributed by atoms with Crippen LogP contribution in [0.25, 0.3) is 10.9 Å². The van der Waals surface area contributed by atoms with Crippen molar-refractivity contribution in [1.82, 2.24) is 19.4 Å². The number of amides is 1. The van der Waals surface area contributed by atoms with Crippen molar-refractivity contribution >= 4 is 40.3 Å². The monoisotopic (exact) mass is 559 g/mol. The number of rotatable bonds is 5. The van der Waals surface area contributed by atoms with Crippen LogP contribution in [-0.2, 0) is 4.74 Å². The Morgan fingerprint density at radius 3 is 2.59 bits per heavy atom. The van der Waals surface area contributed by atoms with Gasteiger partial charge in [0.15, 0.2) is 0 Å². The molecule has 2 aromatic heterocycles. The number of nitrogens with zero attached hydrogens (tertiary/aromatic N) is 4. The Hall–Kier alpha value is -3.86. The van der Waals surface area contributed by atoms with Crippen molar-refractivity contribution < 1.29 is 23.8 Å². The average molecular weight is 560 g/mol. The number of aromatic amines is 1. The highest BCUT2D eigenvalue weighted by Crippen LogP contribution is 2.42. The summed E-state index contributed by atoms with van der Waals surface area (Å²) >= 11 is 6.69. The number of pyridine rings is 1. The highest BCUT2D eigenvalue weighted by Gasteiger charge is 2.31. The van der Waals surface area contributed by atoms with Crippen molar-refractivity contribution in [2.24, 2.45) is 0 Å². The number of aromatic carboxylic acids is 1. The van der Waals surface area contributed by atoms with E-state index in [1.54, 1.807) is 56.0 Å². The molecule has 39 heavy (non-hydrogen) atoms. The van der Waals surface area contributed by atoms with Gasteiger partial charge < -0.3 is 29.2 Å². The zero-order valence-electron chi connectivity index (χ0n) is 22.2. The summed E-state index contributed by atoms with van der Waals surface area (Å²) < 4.78 is 22.3. The molecule has 0 atom stereocenters. The number of anilines is 1. The van der Waals surface area contributed by atoms with Gasteiger partial charge in [-0.15, -0.1) is 0 Å². The molecule has 10 nitrogen and oxygen atoms in total. The maximum atomic E-state index is 15.3. The van der Waals surface area contributed by atoms with Crippen molar-refractivity contribution in [3.8, 4) is 0 Å². The van der Waals surface area contributed by atoms with Gasteiger partial charge in [0.2, 0.25) is 5.43 Å². The van der Waals surface area contributed by atoms with E-state index in [-0.39, 0.29) is 22.1 Å². The number of halogens is 2. The lowest BCUT2D eigenvalue weighted by molar-refractivity contribution is 0.0313. The zero-order valence-corrected chi connectivity index (χ0v) is 23.0. The fourth-order valence-corrected chi connectivity index (χ4v) is 4.75. The van der Waals surface area contributed by atoms with Gasteiger partial charge in [-0.2, -0.15) is 0 Å². The lowest BCUT2D eigenvalue weighted by Gasteiger charge is -2.26. The molecule has 1 aromatic carbocycles. The van der Waals surface area contributed by atoms with Crippen molar-refractivity contribution in [1.29, 1.82) is 0 Å². The van der Waals surface area contributed by atoms with Gasteiger partial charge in [-0.25, -0.2) is 19.0 Å². The van der Waals surface area contributed by atoms with E-state index in [9.17, 15) is 19.5 Å². The first-order chi connectivity index (χ1) is 18.4. The van der Waals surface area contributed by atoms with E-state index in [0.717, 1.165) is 24.5 Å². The molecular formula is C27H31ClFN5O5. The van der Waals surface area contributed by atoms with E-state index in [1.165, 1.54) is 11.1 Å². The largest absolute Gasteiger partial charge is 0.477 e. The Morgan fingerprint density at radius 2 is 2.05 bits per heavy atom. The molecule has 2 aliphatic rings. The number of carbonyl (C=O) groups is 2. The standard InChI is InChI=1S/C24H27ClFN3O5.C3H4N2/c1-24(2,3)34-23(33)27(4)10-13-7-8-28(11-13)20-17(26)9-15-19(18(20)25)29(14-5-6-14)12-16(21(15)30)22(31)32;1-2-5-3-4-1/h7,9,12,14H,5-6,8,10-11H2,1-4H3,(H,31,32);1-3H,(H,4,5). The molecule has 0 saturated heterocycles. The van der Waals surface area contributed by atoms with Crippen LogP contribution in [0.1, 0.15) is 50.0 Å². The number of carbonyl (C=O) groups excluding carboxylic acids is 1. The van der Waals surface area contributed by atoms with Gasteiger partial charge in [-0.3, -0.25) is 4.79 Å². The number of carboxylic acids is 1. The Bertz CT molecular complexity index is 1460. The predicted octanol–water partition coefficient (Wildman–Crippen LogP) is 4.85. The van der Waals surface area contributed by atoms with E-state index in [0.29, 0.717) is 25.2 Å². The molecule has 12 heteroatoms. The molecule has 3 aromatic rings. The lowest BCUT2D eigenvalue weighted by atomic mass is 10.1. The molecule has 0 unspecified atom stereocenters. The maximum Gasteiger partial charge on any atom is 0.410 e. The number of nitrogens with one attached hydrogen (secondary N) is 1. The van der Waals surface area contributed by atoms with Gasteiger partial charge in [0.05, 0.1) is 27.9 Å². The van der Waals surface area contributed by atoms with Crippen LogP contribution in [0.2, 0.25) is 5.02 Å². The molecular weight excluding hydrogens is 529 g/mol. The molecule has 0 radical (unpaired) electrons. The smallest absolute Gasteiger partial charge is 0.410 e. The Balaban J connectivity index is 0.000000634. The van der Waals surface area contributed by atoms with Crippen LogP contribution in [0, 0.1) is 5.82 Å². The van der Waals surface area contributed by atoms with Gasteiger partial charge in [0, 0.05) is 51.3 Å². The second-order valence-corrected chi connectivity index (χ2v) is 11.0. The van der Waals surface area contributed by atoms with E-state index in [1.807, 2.05) is 6.08 Å². The number of benzene rings is 1. The SMILES string of the molecule is CN(CC1=CCN(c2c(F)cc3c(=O)c(C(=O)O)cn(C4CC4)c3c2Cl)C1)C(=O)OC(C)(C)C.c1c[nH]cn1. The minimum atomic E-state index is -1.36. The van der Waals surface area contributed by atoms with Crippen LogP contribution in [0.5, 0.6) is 0 Å². The van der Waals surface area contributed by atoms with Crippen molar-refractivity contribution in [3.63, 3.8) is 0 Å². The van der Waals surface area contributed by atoms with Crippen molar-refractivity contribution in [2.45, 2.75) is 45.3 Å². The first kappa shape index (κ1) is 28.2. The second-order valence-electron chi connectivity index (χ2n) is 10.6. The van der Waals surface area contributed by atoms with Crippen LogP contribution in [0.15, 0.2) is 47.4 Å². The van der Waals surface area contributed by atoms with E-state index in [2.05, 4.69) is 9.97 Å². The molecule has 1 aliphatic heterocycles. The number of imidazole rings is 1. The molecule has 1 amide bonds. The molecule has 208 valence electrons. The summed E-state index contributed by atoms with van der Waals surface area (Å²) in [5.41, 5.74) is -0.387. The third kappa shape index (κ3) is 6.42. The molecule has 1 fully saturated rings. The van der Waals surface area contributed by atoms with Gasteiger partial charge in [0.25, 0.3) is 0 Å². The number of ether oxygens (including phenoxy) is 1. The number of aromatic nitrogens is 3. The van der Waals surface area contributed by atoms with Crippen LogP contribution in [-0.4, -0.2) is 68.9 Å². The average Bonchev–Trinajstić information content (AvgIpc) is 3.29. The van der Waals surface area contributed by atoms with Gasteiger partial charge in [-0.05, 0) is 45.3 Å². The summed E-state index contributed by atoms with van der Waals surface area (Å²) in [6.07, 6.45) is 9.49. The maximum absolute atomic E-state index is 15.3. The number of hydrogen-bond donors (Lipinski definition) is 2. The molecule has 0 spiro atoms. The highest BCUT2D eigenvalue weighted by molar-refractivity contribution is 6.38. The molecule has 1 saturated carbocycles. The number of fused-ring (bicyclic) bond motifs is 1. The number of likely N-dealkylation sites (N-methyl/N-ethyl adjacent to an activating group) is 1. The zero-order chi connectivity index (χ0) is 28.5. The van der Waals surface area contributed by atoms with Gasteiger partial charge >= 0.3 is 12.1 Å². The molecule has 1 aliphatic carbocycles. The van der Waals surface area contributed by atoms with E-state index < -0.39 is 34.5 Å². The fraction of sp³-hybridized carbons (Fsp3) is 0.407. The van der Waals surface area contributed by atoms with E-state index in [4.69, 9.17) is 16.3 Å². The van der Waals surface area contributed by atoms with Crippen LogP contribution < -0.4 is 10.3 Å². The fourth-order valence-electron chi connectivity index (χ4n) is 4.34. The van der Waals surface area contributed by atoms with Crippen LogP contribution in [0.4, 0.5) is 14.9 Å². The second kappa shape index (κ2) is 11.1. The van der Waals surface area contributed by atoms with E-state index >= 15 is 4.39 Å². The summed E-state index contributed by atoms with van der Waals surface area (Å²) in [4.78, 5) is 46.2. The first-order valence-electron chi connectivity index (χ1n) is 12.5. The van der Waals surface area contributed by atoms with Crippen LogP contribution >= 0.6 is 11.6 Å². The lowest BCUT2D eigenvalue weighted by Crippen LogP contribution is -2.36. The third-order valence-electron chi connectivity index (χ3n) is 6.22. The quantitative estimate of drug-likeness (QED) is 0.429. The molecule has 0 bridgehead atoms.